The molecule has 0 radical (unpaired) electrons. The molecule has 21 heavy (non-hydrogen) atoms. The molecule has 106 valence electrons. The van der Waals surface area contributed by atoms with Crippen molar-refractivity contribution < 1.29 is 4.42 Å². The first-order valence-corrected chi connectivity index (χ1v) is 6.82. The lowest BCUT2D eigenvalue weighted by molar-refractivity contribution is 0.584. The van der Waals surface area contributed by atoms with E-state index in [9.17, 15) is 0 Å². The second-order valence-corrected chi connectivity index (χ2v) is 5.28. The van der Waals surface area contributed by atoms with Gasteiger partial charge in [0, 0.05) is 16.8 Å². The zero-order valence-corrected chi connectivity index (χ0v) is 12.3. The van der Waals surface area contributed by atoms with Crippen LogP contribution in [0.2, 0.25) is 0 Å². The van der Waals surface area contributed by atoms with Crippen molar-refractivity contribution in [3.05, 3.63) is 53.1 Å². The molecular formula is C17H17N3O. The number of aromatic nitrogens is 2. The molecule has 2 N–H and O–H groups in total. The molecule has 4 heteroatoms. The van der Waals surface area contributed by atoms with Gasteiger partial charge in [-0.25, -0.2) is 0 Å². The minimum absolute atomic E-state index is 0.506. The molecule has 1 aromatic heterocycles. The maximum Gasteiger partial charge on any atom is 0.248 e. The SMILES string of the molecule is Cc1ccc(-c2nnc(-c3ccc(N)c(C)c3)o2)cc1C. The number of nitrogens with zero attached hydrogens (tertiary/aromatic N) is 2. The van der Waals surface area contributed by atoms with Gasteiger partial charge in [0.25, 0.3) is 0 Å². The normalized spacial score (nSPS) is 10.8. The van der Waals surface area contributed by atoms with Gasteiger partial charge in [-0.1, -0.05) is 6.07 Å². The smallest absolute Gasteiger partial charge is 0.248 e. The van der Waals surface area contributed by atoms with Crippen LogP contribution >= 0.6 is 0 Å². The van der Waals surface area contributed by atoms with E-state index in [1.54, 1.807) is 0 Å². The molecule has 0 spiro atoms. The fourth-order valence-electron chi connectivity index (χ4n) is 2.14. The Morgan fingerprint density at radius 2 is 1.33 bits per heavy atom. The zero-order valence-electron chi connectivity index (χ0n) is 12.3. The summed E-state index contributed by atoms with van der Waals surface area (Å²) in [4.78, 5) is 0. The summed E-state index contributed by atoms with van der Waals surface area (Å²) in [6.45, 7) is 6.11. The van der Waals surface area contributed by atoms with Crippen LogP contribution in [0, 0.1) is 20.8 Å². The topological polar surface area (TPSA) is 64.9 Å². The maximum absolute atomic E-state index is 5.83. The van der Waals surface area contributed by atoms with Gasteiger partial charge < -0.3 is 10.2 Å². The highest BCUT2D eigenvalue weighted by Gasteiger charge is 2.11. The van der Waals surface area contributed by atoms with Gasteiger partial charge in [0.05, 0.1) is 0 Å². The highest BCUT2D eigenvalue weighted by Crippen LogP contribution is 2.26. The number of anilines is 1. The summed E-state index contributed by atoms with van der Waals surface area (Å²) in [5.41, 5.74) is 11.8. The molecule has 0 aliphatic heterocycles. The number of nitrogens with two attached hydrogens (primary N) is 1. The number of hydrogen-bond donors (Lipinski definition) is 1. The van der Waals surface area contributed by atoms with E-state index in [1.807, 2.05) is 31.2 Å². The van der Waals surface area contributed by atoms with Crippen molar-refractivity contribution in [1.29, 1.82) is 0 Å². The second kappa shape index (κ2) is 5.05. The second-order valence-electron chi connectivity index (χ2n) is 5.28. The summed E-state index contributed by atoms with van der Waals surface area (Å²) in [5.74, 6) is 1.04. The van der Waals surface area contributed by atoms with Crippen LogP contribution in [0.15, 0.2) is 40.8 Å². The number of nitrogen functional groups attached to an aromatic ring is 1. The van der Waals surface area contributed by atoms with Gasteiger partial charge in [-0.05, 0) is 67.8 Å². The standard InChI is InChI=1S/C17H17N3O/c1-10-4-5-13(8-11(10)2)16-19-20-17(21-16)14-6-7-15(18)12(3)9-14/h4-9H,18H2,1-3H3. The first-order valence-electron chi connectivity index (χ1n) is 6.82. The summed E-state index contributed by atoms with van der Waals surface area (Å²) < 4.78 is 5.78. The van der Waals surface area contributed by atoms with Gasteiger partial charge in [-0.15, -0.1) is 10.2 Å². The van der Waals surface area contributed by atoms with Crippen LogP contribution in [-0.4, -0.2) is 10.2 Å². The maximum atomic E-state index is 5.83. The van der Waals surface area contributed by atoms with Crippen molar-refractivity contribution >= 4 is 5.69 Å². The highest BCUT2D eigenvalue weighted by molar-refractivity contribution is 5.63. The predicted octanol–water partition coefficient (Wildman–Crippen LogP) is 3.91. The molecule has 0 fully saturated rings. The van der Waals surface area contributed by atoms with E-state index >= 15 is 0 Å². The quantitative estimate of drug-likeness (QED) is 0.722. The Labute approximate surface area is 123 Å². The number of benzene rings is 2. The van der Waals surface area contributed by atoms with E-state index in [0.717, 1.165) is 22.4 Å². The van der Waals surface area contributed by atoms with Crippen molar-refractivity contribution in [3.8, 4) is 22.9 Å². The fourth-order valence-corrected chi connectivity index (χ4v) is 2.14. The van der Waals surface area contributed by atoms with Crippen molar-refractivity contribution in [1.82, 2.24) is 10.2 Å². The van der Waals surface area contributed by atoms with Crippen LogP contribution in [-0.2, 0) is 0 Å². The minimum atomic E-state index is 0.506. The monoisotopic (exact) mass is 279 g/mol. The predicted molar refractivity (Wildman–Crippen MR) is 83.8 cm³/mol. The van der Waals surface area contributed by atoms with Crippen LogP contribution in [0.5, 0.6) is 0 Å². The molecular weight excluding hydrogens is 262 g/mol. The Kier molecular flexibility index (Phi) is 3.22. The Bertz CT molecular complexity index is 740. The van der Waals surface area contributed by atoms with E-state index in [0.29, 0.717) is 11.8 Å². The Hall–Kier alpha value is -2.62. The molecule has 0 bridgehead atoms. The summed E-state index contributed by atoms with van der Waals surface area (Å²) in [6.07, 6.45) is 0. The van der Waals surface area contributed by atoms with Crippen molar-refractivity contribution in [2.24, 2.45) is 0 Å². The number of hydrogen-bond acceptors (Lipinski definition) is 4. The molecule has 0 saturated heterocycles. The van der Waals surface area contributed by atoms with E-state index in [1.165, 1.54) is 11.1 Å². The van der Waals surface area contributed by atoms with Gasteiger partial charge >= 0.3 is 0 Å². The molecule has 0 unspecified atom stereocenters. The number of rotatable bonds is 2. The molecule has 3 rings (SSSR count). The molecule has 1 heterocycles. The zero-order chi connectivity index (χ0) is 15.0. The van der Waals surface area contributed by atoms with Gasteiger partial charge in [-0.3, -0.25) is 0 Å². The Balaban J connectivity index is 1.99. The van der Waals surface area contributed by atoms with Crippen molar-refractivity contribution in [3.63, 3.8) is 0 Å². The lowest BCUT2D eigenvalue weighted by Crippen LogP contribution is -1.89. The Morgan fingerprint density at radius 1 is 0.762 bits per heavy atom. The number of aryl methyl sites for hydroxylation is 3. The molecule has 0 aliphatic carbocycles. The average Bonchev–Trinajstić information content (AvgIpc) is 2.94. The molecule has 0 saturated carbocycles. The van der Waals surface area contributed by atoms with Crippen LogP contribution in [0.3, 0.4) is 0 Å². The molecule has 0 amide bonds. The van der Waals surface area contributed by atoms with E-state index in [-0.39, 0.29) is 0 Å². The molecule has 3 aromatic rings. The minimum Gasteiger partial charge on any atom is -0.416 e. The lowest BCUT2D eigenvalue weighted by Gasteiger charge is -2.02. The third kappa shape index (κ3) is 2.52. The molecule has 0 atom stereocenters. The highest BCUT2D eigenvalue weighted by atomic mass is 16.4. The van der Waals surface area contributed by atoms with Crippen LogP contribution in [0.4, 0.5) is 5.69 Å². The summed E-state index contributed by atoms with van der Waals surface area (Å²) >= 11 is 0. The van der Waals surface area contributed by atoms with Gasteiger partial charge in [-0.2, -0.15) is 0 Å². The average molecular weight is 279 g/mol. The summed E-state index contributed by atoms with van der Waals surface area (Å²) in [7, 11) is 0. The molecule has 4 nitrogen and oxygen atoms in total. The van der Waals surface area contributed by atoms with E-state index < -0.39 is 0 Å². The molecule has 0 aliphatic rings. The van der Waals surface area contributed by atoms with Crippen molar-refractivity contribution in [2.45, 2.75) is 20.8 Å². The first-order chi connectivity index (χ1) is 10.0. The summed E-state index contributed by atoms with van der Waals surface area (Å²) in [5, 5.41) is 8.27. The van der Waals surface area contributed by atoms with Gasteiger partial charge in [0.1, 0.15) is 0 Å². The first kappa shape index (κ1) is 13.4. The third-order valence-corrected chi connectivity index (χ3v) is 3.70. The largest absolute Gasteiger partial charge is 0.416 e. The summed E-state index contributed by atoms with van der Waals surface area (Å²) in [6, 6.07) is 11.8. The lowest BCUT2D eigenvalue weighted by atomic mass is 10.1. The van der Waals surface area contributed by atoms with Gasteiger partial charge in [0.15, 0.2) is 0 Å². The van der Waals surface area contributed by atoms with Crippen molar-refractivity contribution in [2.75, 3.05) is 5.73 Å². The van der Waals surface area contributed by atoms with Crippen LogP contribution in [0.1, 0.15) is 16.7 Å². The molecule has 2 aromatic carbocycles. The fraction of sp³-hybridized carbons (Fsp3) is 0.176. The third-order valence-electron chi connectivity index (χ3n) is 3.70. The van der Waals surface area contributed by atoms with Crippen LogP contribution < -0.4 is 5.73 Å². The van der Waals surface area contributed by atoms with Crippen LogP contribution in [0.25, 0.3) is 22.9 Å². The Morgan fingerprint density at radius 3 is 1.90 bits per heavy atom. The van der Waals surface area contributed by atoms with E-state index in [2.05, 4.69) is 36.2 Å². The van der Waals surface area contributed by atoms with Gasteiger partial charge in [0.2, 0.25) is 11.8 Å². The van der Waals surface area contributed by atoms with E-state index in [4.69, 9.17) is 10.2 Å².